The molecule has 0 aliphatic heterocycles. The Bertz CT molecular complexity index is 541. The van der Waals surface area contributed by atoms with E-state index in [1.165, 1.54) is 6.33 Å². The Balaban J connectivity index is 1.89. The van der Waals surface area contributed by atoms with Crippen molar-refractivity contribution in [2.45, 2.75) is 6.54 Å². The van der Waals surface area contributed by atoms with Crippen LogP contribution >= 0.6 is 0 Å². The van der Waals surface area contributed by atoms with Crippen LogP contribution in [-0.4, -0.2) is 33.1 Å². The Kier molecular flexibility index (Phi) is 4.33. The van der Waals surface area contributed by atoms with Gasteiger partial charge in [0.05, 0.1) is 6.54 Å². The average molecular weight is 243 g/mol. The summed E-state index contributed by atoms with van der Waals surface area (Å²) >= 11 is 0. The van der Waals surface area contributed by atoms with E-state index < -0.39 is 0 Å². The topological polar surface area (TPSA) is 60.2 Å². The molecule has 18 heavy (non-hydrogen) atoms. The summed E-state index contributed by atoms with van der Waals surface area (Å²) in [6, 6.07) is 7.44. The molecule has 2 aromatic rings. The van der Waals surface area contributed by atoms with Crippen molar-refractivity contribution in [1.82, 2.24) is 14.8 Å². The SMILES string of the molecule is OCC#Cc1cccc(OCCn2cncn2)c1. The van der Waals surface area contributed by atoms with E-state index in [0.717, 1.165) is 11.3 Å². The molecule has 5 nitrogen and oxygen atoms in total. The first kappa shape index (κ1) is 12.1. The van der Waals surface area contributed by atoms with Gasteiger partial charge in [-0.2, -0.15) is 5.10 Å². The van der Waals surface area contributed by atoms with Gasteiger partial charge in [0.15, 0.2) is 0 Å². The largest absolute Gasteiger partial charge is 0.492 e. The molecule has 0 fully saturated rings. The highest BCUT2D eigenvalue weighted by atomic mass is 16.5. The fourth-order valence-corrected chi connectivity index (χ4v) is 1.41. The fraction of sp³-hybridized carbons (Fsp3) is 0.231. The second kappa shape index (κ2) is 6.42. The van der Waals surface area contributed by atoms with Crippen LogP contribution in [0.5, 0.6) is 5.75 Å². The van der Waals surface area contributed by atoms with Crippen molar-refractivity contribution in [1.29, 1.82) is 0 Å². The first-order valence-electron chi connectivity index (χ1n) is 5.53. The summed E-state index contributed by atoms with van der Waals surface area (Å²) in [7, 11) is 0. The van der Waals surface area contributed by atoms with E-state index in [1.54, 1.807) is 11.0 Å². The van der Waals surface area contributed by atoms with Gasteiger partial charge in [-0.25, -0.2) is 9.67 Å². The van der Waals surface area contributed by atoms with Crippen molar-refractivity contribution < 1.29 is 9.84 Å². The summed E-state index contributed by atoms with van der Waals surface area (Å²) in [4.78, 5) is 3.85. The van der Waals surface area contributed by atoms with Crippen LogP contribution in [0.15, 0.2) is 36.9 Å². The van der Waals surface area contributed by atoms with Gasteiger partial charge in [0, 0.05) is 5.56 Å². The molecule has 1 aromatic carbocycles. The third kappa shape index (κ3) is 3.61. The summed E-state index contributed by atoms with van der Waals surface area (Å²) in [5, 5.41) is 12.6. The van der Waals surface area contributed by atoms with Crippen molar-refractivity contribution in [2.75, 3.05) is 13.2 Å². The van der Waals surface area contributed by atoms with Crippen molar-refractivity contribution in [2.24, 2.45) is 0 Å². The number of ether oxygens (including phenoxy) is 1. The maximum absolute atomic E-state index is 8.62. The summed E-state index contributed by atoms with van der Waals surface area (Å²) in [6.07, 6.45) is 3.14. The van der Waals surface area contributed by atoms with E-state index in [9.17, 15) is 0 Å². The summed E-state index contributed by atoms with van der Waals surface area (Å²) < 4.78 is 7.28. The molecule has 92 valence electrons. The first-order chi connectivity index (χ1) is 8.88. The van der Waals surface area contributed by atoms with Crippen LogP contribution in [0.1, 0.15) is 5.56 Å². The smallest absolute Gasteiger partial charge is 0.137 e. The van der Waals surface area contributed by atoms with Crippen LogP contribution in [0.4, 0.5) is 0 Å². The van der Waals surface area contributed by atoms with Gasteiger partial charge in [-0.15, -0.1) is 0 Å². The highest BCUT2D eigenvalue weighted by Gasteiger charge is 1.96. The minimum Gasteiger partial charge on any atom is -0.492 e. The molecule has 0 aliphatic carbocycles. The van der Waals surface area contributed by atoms with Gasteiger partial charge < -0.3 is 9.84 Å². The number of hydrogen-bond donors (Lipinski definition) is 1. The molecule has 0 saturated heterocycles. The van der Waals surface area contributed by atoms with Crippen LogP contribution in [0.2, 0.25) is 0 Å². The standard InChI is InChI=1S/C13H13N3O2/c17-7-2-4-12-3-1-5-13(9-12)18-8-6-16-11-14-10-15-16/h1,3,5,9-11,17H,6-8H2. The van der Waals surface area contributed by atoms with Crippen molar-refractivity contribution in [3.63, 3.8) is 0 Å². The second-order valence-corrected chi connectivity index (χ2v) is 3.49. The third-order valence-electron chi connectivity index (χ3n) is 2.20. The molecule has 1 heterocycles. The highest BCUT2D eigenvalue weighted by molar-refractivity contribution is 5.39. The minimum absolute atomic E-state index is 0.141. The van der Waals surface area contributed by atoms with Gasteiger partial charge >= 0.3 is 0 Å². The van der Waals surface area contributed by atoms with Crippen LogP contribution in [0.25, 0.3) is 0 Å². The lowest BCUT2D eigenvalue weighted by Gasteiger charge is -2.06. The van der Waals surface area contributed by atoms with Crippen molar-refractivity contribution in [3.8, 4) is 17.6 Å². The highest BCUT2D eigenvalue weighted by Crippen LogP contribution is 2.12. The van der Waals surface area contributed by atoms with Crippen LogP contribution in [0, 0.1) is 11.8 Å². The molecule has 0 spiro atoms. The Morgan fingerprint density at radius 2 is 2.33 bits per heavy atom. The van der Waals surface area contributed by atoms with Gasteiger partial charge in [-0.05, 0) is 18.2 Å². The van der Waals surface area contributed by atoms with E-state index in [2.05, 4.69) is 21.9 Å². The van der Waals surface area contributed by atoms with Crippen LogP contribution in [-0.2, 0) is 6.54 Å². The van der Waals surface area contributed by atoms with Gasteiger partial charge in [0.1, 0.15) is 31.6 Å². The van der Waals surface area contributed by atoms with Gasteiger partial charge in [0.2, 0.25) is 0 Å². The van der Waals surface area contributed by atoms with E-state index in [-0.39, 0.29) is 6.61 Å². The number of benzene rings is 1. The molecule has 0 bridgehead atoms. The van der Waals surface area contributed by atoms with Gasteiger partial charge in [-0.1, -0.05) is 17.9 Å². The third-order valence-corrected chi connectivity index (χ3v) is 2.20. The molecule has 2 rings (SSSR count). The predicted octanol–water partition coefficient (Wildman–Crippen LogP) is 0.701. The molecule has 0 radical (unpaired) electrons. The monoisotopic (exact) mass is 243 g/mol. The Labute approximate surface area is 105 Å². The zero-order valence-electron chi connectivity index (χ0n) is 9.78. The maximum atomic E-state index is 8.62. The average Bonchev–Trinajstić information content (AvgIpc) is 2.90. The van der Waals surface area contributed by atoms with E-state index in [1.807, 2.05) is 24.3 Å². The maximum Gasteiger partial charge on any atom is 0.137 e. The van der Waals surface area contributed by atoms with E-state index in [4.69, 9.17) is 9.84 Å². The predicted molar refractivity (Wildman–Crippen MR) is 65.9 cm³/mol. The quantitative estimate of drug-likeness (QED) is 0.803. The molecule has 1 aromatic heterocycles. The second-order valence-electron chi connectivity index (χ2n) is 3.49. The van der Waals surface area contributed by atoms with Gasteiger partial charge in [0.25, 0.3) is 0 Å². The zero-order chi connectivity index (χ0) is 12.6. The molecular formula is C13H13N3O2. The number of rotatable bonds is 4. The summed E-state index contributed by atoms with van der Waals surface area (Å²) in [5.41, 5.74) is 0.822. The van der Waals surface area contributed by atoms with Gasteiger partial charge in [-0.3, -0.25) is 0 Å². The van der Waals surface area contributed by atoms with Crippen LogP contribution < -0.4 is 4.74 Å². The first-order valence-corrected chi connectivity index (χ1v) is 5.53. The van der Waals surface area contributed by atoms with Crippen LogP contribution in [0.3, 0.4) is 0 Å². The van der Waals surface area contributed by atoms with E-state index in [0.29, 0.717) is 13.2 Å². The molecule has 0 saturated carbocycles. The molecule has 1 N–H and O–H groups in total. The molecule has 0 aliphatic rings. The van der Waals surface area contributed by atoms with Crippen molar-refractivity contribution >= 4 is 0 Å². The number of aliphatic hydroxyl groups is 1. The minimum atomic E-state index is -0.141. The summed E-state index contributed by atoms with van der Waals surface area (Å²) in [5.74, 6) is 6.18. The lowest BCUT2D eigenvalue weighted by molar-refractivity contribution is 0.291. The number of hydrogen-bond acceptors (Lipinski definition) is 4. The fourth-order valence-electron chi connectivity index (χ4n) is 1.41. The number of aromatic nitrogens is 3. The Morgan fingerprint density at radius 1 is 1.39 bits per heavy atom. The summed E-state index contributed by atoms with van der Waals surface area (Å²) in [6.45, 7) is 1.02. The Hall–Kier alpha value is -2.32. The number of nitrogens with zero attached hydrogens (tertiary/aromatic N) is 3. The molecule has 5 heteroatoms. The molecule has 0 unspecified atom stereocenters. The number of aliphatic hydroxyl groups excluding tert-OH is 1. The zero-order valence-corrected chi connectivity index (χ0v) is 9.78. The Morgan fingerprint density at radius 3 is 3.11 bits per heavy atom. The molecular weight excluding hydrogens is 230 g/mol. The molecule has 0 amide bonds. The molecule has 0 atom stereocenters. The normalized spacial score (nSPS) is 9.61. The van der Waals surface area contributed by atoms with Crippen molar-refractivity contribution in [3.05, 3.63) is 42.5 Å². The lowest BCUT2D eigenvalue weighted by atomic mass is 10.2. The van der Waals surface area contributed by atoms with E-state index >= 15 is 0 Å². The lowest BCUT2D eigenvalue weighted by Crippen LogP contribution is -2.08.